The number of rotatable bonds is 25. The van der Waals surface area contributed by atoms with Gasteiger partial charge in [0.15, 0.2) is 0 Å². The van der Waals surface area contributed by atoms with E-state index >= 15 is 0 Å². The summed E-state index contributed by atoms with van der Waals surface area (Å²) in [6.45, 7) is 4.23. The van der Waals surface area contributed by atoms with Crippen molar-refractivity contribution >= 4 is 0 Å². The van der Waals surface area contributed by atoms with Crippen molar-refractivity contribution in [3.8, 4) is 0 Å². The molecule has 0 saturated carbocycles. The van der Waals surface area contributed by atoms with Crippen LogP contribution in [0.25, 0.3) is 0 Å². The molecule has 0 aliphatic carbocycles. The highest BCUT2D eigenvalue weighted by Crippen LogP contribution is 2.35. The van der Waals surface area contributed by atoms with Crippen LogP contribution in [0.15, 0.2) is 42.5 Å². The Morgan fingerprint density at radius 1 is 0.767 bits per heavy atom. The van der Waals surface area contributed by atoms with E-state index in [-0.39, 0.29) is 43.4 Å². The lowest BCUT2D eigenvalue weighted by Crippen LogP contribution is -2.34. The number of hydrogen-bond donors (Lipinski definition) is 0. The Bertz CT molecular complexity index is 819. The Hall–Kier alpha value is -1.32. The summed E-state index contributed by atoms with van der Waals surface area (Å²) in [4.78, 5) is 0. The Labute approximate surface area is 261 Å². The van der Waals surface area contributed by atoms with Gasteiger partial charge in [-0.1, -0.05) is 101 Å². The van der Waals surface area contributed by atoms with E-state index < -0.39 is 0 Å². The maximum atomic E-state index is 6.60. The van der Waals surface area contributed by atoms with Gasteiger partial charge < -0.3 is 33.2 Å². The van der Waals surface area contributed by atoms with Crippen LogP contribution >= 0.6 is 0 Å². The molecule has 0 radical (unpaired) electrons. The number of benzene rings is 1. The van der Waals surface area contributed by atoms with Gasteiger partial charge in [0.05, 0.1) is 37.1 Å². The smallest absolute Gasteiger partial charge is 0.147 e. The minimum absolute atomic E-state index is 0.00578. The summed E-state index contributed by atoms with van der Waals surface area (Å²) in [5.74, 6) is 0. The quantitative estimate of drug-likeness (QED) is 0.0634. The summed E-state index contributed by atoms with van der Waals surface area (Å²) >= 11 is 0. The van der Waals surface area contributed by atoms with Crippen LogP contribution in [-0.4, -0.2) is 71.0 Å². The fourth-order valence-electron chi connectivity index (χ4n) is 6.18. The molecule has 0 bridgehead atoms. The summed E-state index contributed by atoms with van der Waals surface area (Å²) in [5.41, 5.74) is 1.21. The molecule has 2 saturated heterocycles. The minimum Gasteiger partial charge on any atom is -0.377 e. The molecule has 2 aliphatic rings. The summed E-state index contributed by atoms with van der Waals surface area (Å²) in [6.07, 6.45) is 22.0. The fraction of sp³-hybridized carbons (Fsp3) is 0.778. The van der Waals surface area contributed by atoms with E-state index in [1.165, 1.54) is 56.9 Å². The van der Waals surface area contributed by atoms with Crippen molar-refractivity contribution in [1.82, 2.24) is 0 Å². The lowest BCUT2D eigenvalue weighted by molar-refractivity contribution is -0.151. The second-order valence-electron chi connectivity index (χ2n) is 12.1. The SMILES string of the molecule is CCCCCCCCCC[C@@H](OCOC)[C@H]1CC[C@@H]([C@H]2CC[C@H]([C@@H](/C=C/CCCOCc3ccccc3)OCOC)O2)O1. The third-order valence-corrected chi connectivity index (χ3v) is 8.58. The zero-order chi connectivity index (χ0) is 30.4. The lowest BCUT2D eigenvalue weighted by Gasteiger charge is -2.26. The number of hydrogen-bond acceptors (Lipinski definition) is 7. The minimum atomic E-state index is -0.132. The first-order valence-corrected chi connectivity index (χ1v) is 17.1. The topological polar surface area (TPSA) is 64.6 Å². The molecule has 1 aromatic carbocycles. The van der Waals surface area contributed by atoms with Crippen molar-refractivity contribution in [2.75, 3.05) is 34.4 Å². The number of methoxy groups -OCH3 is 2. The molecule has 0 unspecified atom stereocenters. The van der Waals surface area contributed by atoms with E-state index in [9.17, 15) is 0 Å². The maximum absolute atomic E-state index is 6.60. The molecule has 0 N–H and O–H groups in total. The molecule has 246 valence electrons. The molecule has 0 spiro atoms. The molecule has 2 fully saturated rings. The third kappa shape index (κ3) is 14.5. The molecule has 2 heterocycles. The predicted molar refractivity (Wildman–Crippen MR) is 171 cm³/mol. The zero-order valence-corrected chi connectivity index (χ0v) is 27.3. The third-order valence-electron chi connectivity index (χ3n) is 8.58. The fourth-order valence-corrected chi connectivity index (χ4v) is 6.18. The predicted octanol–water partition coefficient (Wildman–Crippen LogP) is 8.14. The van der Waals surface area contributed by atoms with Gasteiger partial charge in [0.25, 0.3) is 0 Å². The van der Waals surface area contributed by atoms with Gasteiger partial charge in [0.2, 0.25) is 0 Å². The van der Waals surface area contributed by atoms with Crippen molar-refractivity contribution in [2.45, 2.75) is 146 Å². The number of allylic oxidation sites excluding steroid dienone is 1. The molecule has 43 heavy (non-hydrogen) atoms. The van der Waals surface area contributed by atoms with E-state index in [2.05, 4.69) is 31.2 Å². The summed E-state index contributed by atoms with van der Waals surface area (Å²) in [7, 11) is 3.35. The van der Waals surface area contributed by atoms with Crippen molar-refractivity contribution in [3.63, 3.8) is 0 Å². The Balaban J connectivity index is 1.37. The molecule has 7 nitrogen and oxygen atoms in total. The molecule has 0 aromatic heterocycles. The number of ether oxygens (including phenoxy) is 7. The van der Waals surface area contributed by atoms with Gasteiger partial charge in [-0.2, -0.15) is 0 Å². The Kier molecular flexibility index (Phi) is 19.4. The summed E-state index contributed by atoms with van der Waals surface area (Å²) in [6, 6.07) is 10.3. The average Bonchev–Trinajstić information content (AvgIpc) is 3.72. The van der Waals surface area contributed by atoms with Gasteiger partial charge >= 0.3 is 0 Å². The van der Waals surface area contributed by atoms with Gasteiger partial charge in [0.1, 0.15) is 19.7 Å². The first-order valence-electron chi connectivity index (χ1n) is 17.1. The standard InChI is InChI=1S/C36H60O7/c1-4-5-6-7-8-9-10-15-20-31(40-28-37-2)33-22-24-35(42-33)36-25-23-34(43-36)32(41-29-38-3)21-16-12-17-26-39-27-30-18-13-11-14-19-30/h11,13-14,16,18-19,21,31-36H,4-10,12,15,17,20,22-29H2,1-3H3/b21-16+/t31-,32-,33-,34-,35+,36-/m1/s1. The van der Waals surface area contributed by atoms with Crippen LogP contribution in [0.2, 0.25) is 0 Å². The van der Waals surface area contributed by atoms with Gasteiger partial charge in [0, 0.05) is 20.8 Å². The van der Waals surface area contributed by atoms with Crippen LogP contribution < -0.4 is 0 Å². The van der Waals surface area contributed by atoms with Gasteiger partial charge in [-0.05, 0) is 50.5 Å². The molecule has 6 atom stereocenters. The van der Waals surface area contributed by atoms with Crippen molar-refractivity contribution in [2.24, 2.45) is 0 Å². The molecule has 2 aliphatic heterocycles. The highest BCUT2D eigenvalue weighted by Gasteiger charge is 2.41. The molecule has 7 heteroatoms. The van der Waals surface area contributed by atoms with E-state index in [4.69, 9.17) is 33.2 Å². The van der Waals surface area contributed by atoms with Gasteiger partial charge in [-0.25, -0.2) is 0 Å². The second-order valence-corrected chi connectivity index (χ2v) is 12.1. The Morgan fingerprint density at radius 2 is 1.42 bits per heavy atom. The number of unbranched alkanes of at least 4 members (excludes halogenated alkanes) is 8. The van der Waals surface area contributed by atoms with Crippen LogP contribution in [0, 0.1) is 0 Å². The van der Waals surface area contributed by atoms with Crippen LogP contribution in [0.1, 0.15) is 109 Å². The first kappa shape index (κ1) is 36.2. The average molecular weight is 605 g/mol. The van der Waals surface area contributed by atoms with Crippen molar-refractivity contribution in [1.29, 1.82) is 0 Å². The Morgan fingerprint density at radius 3 is 2.14 bits per heavy atom. The van der Waals surface area contributed by atoms with E-state index in [0.29, 0.717) is 13.4 Å². The highest BCUT2D eigenvalue weighted by atomic mass is 16.7. The first-order chi connectivity index (χ1) is 21.2. The largest absolute Gasteiger partial charge is 0.377 e. The van der Waals surface area contributed by atoms with E-state index in [1.54, 1.807) is 14.2 Å². The molecular formula is C36H60O7. The van der Waals surface area contributed by atoms with Gasteiger partial charge in [-0.3, -0.25) is 0 Å². The highest BCUT2D eigenvalue weighted by molar-refractivity contribution is 5.13. The zero-order valence-electron chi connectivity index (χ0n) is 27.3. The molecular weight excluding hydrogens is 544 g/mol. The van der Waals surface area contributed by atoms with E-state index in [1.807, 2.05) is 18.2 Å². The molecule has 1 aromatic rings. The van der Waals surface area contributed by atoms with Gasteiger partial charge in [-0.15, -0.1) is 0 Å². The van der Waals surface area contributed by atoms with Crippen molar-refractivity contribution in [3.05, 3.63) is 48.0 Å². The second kappa shape index (κ2) is 23.1. The lowest BCUT2D eigenvalue weighted by atomic mass is 10.0. The van der Waals surface area contributed by atoms with Crippen molar-refractivity contribution < 1.29 is 33.2 Å². The van der Waals surface area contributed by atoms with E-state index in [0.717, 1.165) is 51.6 Å². The molecule has 0 amide bonds. The normalized spacial score (nSPS) is 23.8. The monoisotopic (exact) mass is 604 g/mol. The van der Waals surface area contributed by atoms with Crippen LogP contribution in [0.4, 0.5) is 0 Å². The molecule has 3 rings (SSSR count). The summed E-state index contributed by atoms with van der Waals surface area (Å²) < 4.78 is 41.6. The maximum Gasteiger partial charge on any atom is 0.147 e. The van der Waals surface area contributed by atoms with Crippen LogP contribution in [-0.2, 0) is 39.8 Å². The van der Waals surface area contributed by atoms with Crippen LogP contribution in [0.3, 0.4) is 0 Å². The summed E-state index contributed by atoms with van der Waals surface area (Å²) in [5, 5.41) is 0. The van der Waals surface area contributed by atoms with Crippen LogP contribution in [0.5, 0.6) is 0 Å².